The Morgan fingerprint density at radius 2 is 1.43 bits per heavy atom. The molecule has 1 aliphatic carbocycles. The van der Waals surface area contributed by atoms with Gasteiger partial charge in [0.25, 0.3) is 0 Å². The lowest BCUT2D eigenvalue weighted by Gasteiger charge is -2.29. The van der Waals surface area contributed by atoms with Crippen molar-refractivity contribution >= 4 is 0 Å². The number of benzene rings is 2. The summed E-state index contributed by atoms with van der Waals surface area (Å²) in [6.45, 7) is 8.83. The van der Waals surface area contributed by atoms with Crippen molar-refractivity contribution in [1.29, 1.82) is 0 Å². The van der Waals surface area contributed by atoms with Crippen molar-refractivity contribution in [3.63, 3.8) is 0 Å². The van der Waals surface area contributed by atoms with Crippen molar-refractivity contribution in [2.24, 2.45) is 5.73 Å². The van der Waals surface area contributed by atoms with Crippen LogP contribution in [0.5, 0.6) is 0 Å². The SMILES string of the molecule is Cc1cc(C)c(C)c(C(N)C2(c3ccccc3)CC2)c1C. The van der Waals surface area contributed by atoms with E-state index in [1.54, 1.807) is 0 Å². The third-order valence-electron chi connectivity index (χ3n) is 5.47. The number of aryl methyl sites for hydroxylation is 2. The van der Waals surface area contributed by atoms with E-state index in [0.717, 1.165) is 0 Å². The standard InChI is InChI=1S/C20H25N/c1-13-12-14(2)16(4)18(15(13)3)19(21)20(10-11-20)17-8-6-5-7-9-17/h5-9,12,19H,10-11,21H2,1-4H3. The van der Waals surface area contributed by atoms with E-state index in [2.05, 4.69) is 64.1 Å². The Hall–Kier alpha value is -1.60. The fraction of sp³-hybridized carbons (Fsp3) is 0.400. The Morgan fingerprint density at radius 3 is 1.90 bits per heavy atom. The van der Waals surface area contributed by atoms with Gasteiger partial charge >= 0.3 is 0 Å². The molecule has 0 heterocycles. The predicted octanol–water partition coefficient (Wildman–Crippen LogP) is 4.65. The van der Waals surface area contributed by atoms with Gasteiger partial charge in [-0.1, -0.05) is 36.4 Å². The molecule has 0 bridgehead atoms. The van der Waals surface area contributed by atoms with Gasteiger partial charge in [0.15, 0.2) is 0 Å². The van der Waals surface area contributed by atoms with Crippen LogP contribution < -0.4 is 5.73 Å². The molecular formula is C20H25N. The highest BCUT2D eigenvalue weighted by Crippen LogP contribution is 2.56. The van der Waals surface area contributed by atoms with Crippen LogP contribution in [0.1, 0.15) is 52.3 Å². The average Bonchev–Trinajstić information content (AvgIpc) is 3.28. The van der Waals surface area contributed by atoms with Crippen LogP contribution in [0.2, 0.25) is 0 Å². The zero-order valence-electron chi connectivity index (χ0n) is 13.5. The molecule has 1 saturated carbocycles. The van der Waals surface area contributed by atoms with Gasteiger partial charge in [-0.3, -0.25) is 0 Å². The molecule has 110 valence electrons. The highest BCUT2D eigenvalue weighted by atomic mass is 14.7. The van der Waals surface area contributed by atoms with E-state index in [-0.39, 0.29) is 11.5 Å². The third-order valence-corrected chi connectivity index (χ3v) is 5.47. The zero-order chi connectivity index (χ0) is 15.2. The van der Waals surface area contributed by atoms with Gasteiger partial charge in [-0.25, -0.2) is 0 Å². The average molecular weight is 279 g/mol. The quantitative estimate of drug-likeness (QED) is 0.869. The fourth-order valence-corrected chi connectivity index (χ4v) is 3.67. The number of hydrogen-bond donors (Lipinski definition) is 1. The summed E-state index contributed by atoms with van der Waals surface area (Å²) >= 11 is 0. The Kier molecular flexibility index (Phi) is 3.41. The number of rotatable bonds is 3. The Labute approximate surface area is 128 Å². The summed E-state index contributed by atoms with van der Waals surface area (Å²) in [6, 6.07) is 13.2. The summed E-state index contributed by atoms with van der Waals surface area (Å²) in [5, 5.41) is 0. The van der Waals surface area contributed by atoms with Gasteiger partial charge in [-0.15, -0.1) is 0 Å². The maximum Gasteiger partial charge on any atom is 0.0398 e. The molecule has 0 saturated heterocycles. The molecule has 3 rings (SSSR count). The monoisotopic (exact) mass is 279 g/mol. The first-order chi connectivity index (χ1) is 9.97. The Bertz CT molecular complexity index is 640. The fourth-order valence-electron chi connectivity index (χ4n) is 3.67. The highest BCUT2D eigenvalue weighted by molar-refractivity contribution is 5.49. The maximum atomic E-state index is 6.81. The number of nitrogens with two attached hydrogens (primary N) is 1. The van der Waals surface area contributed by atoms with Crippen LogP contribution in [-0.2, 0) is 5.41 Å². The van der Waals surface area contributed by atoms with Gasteiger partial charge in [0, 0.05) is 11.5 Å². The molecule has 1 fully saturated rings. The van der Waals surface area contributed by atoms with Crippen LogP contribution in [0.25, 0.3) is 0 Å². The first-order valence-electron chi connectivity index (χ1n) is 7.86. The van der Waals surface area contributed by atoms with Crippen molar-refractivity contribution in [3.8, 4) is 0 Å². The molecule has 1 unspecified atom stereocenters. The lowest BCUT2D eigenvalue weighted by molar-refractivity contribution is 0.536. The van der Waals surface area contributed by atoms with Crippen molar-refractivity contribution in [2.75, 3.05) is 0 Å². The second kappa shape index (κ2) is 4.99. The van der Waals surface area contributed by atoms with Crippen LogP contribution in [0.15, 0.2) is 36.4 Å². The van der Waals surface area contributed by atoms with E-state index in [1.165, 1.54) is 46.2 Å². The lowest BCUT2D eigenvalue weighted by atomic mass is 9.79. The second-order valence-electron chi connectivity index (χ2n) is 6.67. The Balaban J connectivity index is 2.10. The summed E-state index contributed by atoms with van der Waals surface area (Å²) in [7, 11) is 0. The van der Waals surface area contributed by atoms with E-state index in [4.69, 9.17) is 5.73 Å². The van der Waals surface area contributed by atoms with Gasteiger partial charge < -0.3 is 5.73 Å². The predicted molar refractivity (Wildman–Crippen MR) is 89.7 cm³/mol. The van der Waals surface area contributed by atoms with Gasteiger partial charge in [-0.2, -0.15) is 0 Å². The lowest BCUT2D eigenvalue weighted by Crippen LogP contribution is -2.28. The minimum atomic E-state index is 0.0958. The smallest absolute Gasteiger partial charge is 0.0398 e. The molecule has 0 spiro atoms. The molecule has 2 aromatic rings. The minimum absolute atomic E-state index is 0.0958. The molecule has 1 atom stereocenters. The molecule has 2 N–H and O–H groups in total. The van der Waals surface area contributed by atoms with Gasteiger partial charge in [0.05, 0.1) is 0 Å². The molecule has 1 aliphatic rings. The molecule has 1 heteroatoms. The number of hydrogen-bond acceptors (Lipinski definition) is 1. The van der Waals surface area contributed by atoms with E-state index in [0.29, 0.717) is 0 Å². The summed E-state index contributed by atoms with van der Waals surface area (Å²) in [5.74, 6) is 0. The molecule has 2 aromatic carbocycles. The van der Waals surface area contributed by atoms with Gasteiger partial charge in [0.1, 0.15) is 0 Å². The van der Waals surface area contributed by atoms with Gasteiger partial charge in [0.2, 0.25) is 0 Å². The molecule has 1 nitrogen and oxygen atoms in total. The molecule has 0 aromatic heterocycles. The van der Waals surface area contributed by atoms with Crippen LogP contribution in [0, 0.1) is 27.7 Å². The van der Waals surface area contributed by atoms with E-state index < -0.39 is 0 Å². The van der Waals surface area contributed by atoms with Gasteiger partial charge in [-0.05, 0) is 73.9 Å². The molecule has 21 heavy (non-hydrogen) atoms. The maximum absolute atomic E-state index is 6.81. The topological polar surface area (TPSA) is 26.0 Å². The van der Waals surface area contributed by atoms with Crippen LogP contribution >= 0.6 is 0 Å². The van der Waals surface area contributed by atoms with Crippen LogP contribution in [-0.4, -0.2) is 0 Å². The normalized spacial score (nSPS) is 17.6. The first-order valence-corrected chi connectivity index (χ1v) is 7.86. The summed E-state index contributed by atoms with van der Waals surface area (Å²) in [4.78, 5) is 0. The molecule has 0 amide bonds. The van der Waals surface area contributed by atoms with E-state index in [9.17, 15) is 0 Å². The van der Waals surface area contributed by atoms with Crippen LogP contribution in [0.3, 0.4) is 0 Å². The largest absolute Gasteiger partial charge is 0.323 e. The summed E-state index contributed by atoms with van der Waals surface area (Å²) in [6.07, 6.45) is 2.40. The van der Waals surface area contributed by atoms with Crippen molar-refractivity contribution in [3.05, 3.63) is 69.8 Å². The summed E-state index contributed by atoms with van der Waals surface area (Å²) in [5.41, 5.74) is 15.2. The summed E-state index contributed by atoms with van der Waals surface area (Å²) < 4.78 is 0. The van der Waals surface area contributed by atoms with E-state index in [1.807, 2.05) is 0 Å². The Morgan fingerprint density at radius 1 is 0.905 bits per heavy atom. The third kappa shape index (κ3) is 2.20. The molecular weight excluding hydrogens is 254 g/mol. The van der Waals surface area contributed by atoms with Crippen molar-refractivity contribution < 1.29 is 0 Å². The van der Waals surface area contributed by atoms with Crippen molar-refractivity contribution in [2.45, 2.75) is 52.0 Å². The first kappa shape index (κ1) is 14.3. The highest BCUT2D eigenvalue weighted by Gasteiger charge is 2.50. The minimum Gasteiger partial charge on any atom is -0.323 e. The van der Waals surface area contributed by atoms with Crippen LogP contribution in [0.4, 0.5) is 0 Å². The van der Waals surface area contributed by atoms with E-state index >= 15 is 0 Å². The van der Waals surface area contributed by atoms with Crippen molar-refractivity contribution in [1.82, 2.24) is 0 Å². The second-order valence-corrected chi connectivity index (χ2v) is 6.67. The zero-order valence-corrected chi connectivity index (χ0v) is 13.5. The molecule has 0 radical (unpaired) electrons. The molecule has 0 aliphatic heterocycles.